The predicted molar refractivity (Wildman–Crippen MR) is 84.2 cm³/mol. The normalized spacial score (nSPS) is 11.9. The van der Waals surface area contributed by atoms with Crippen molar-refractivity contribution >= 4 is 11.7 Å². The van der Waals surface area contributed by atoms with Gasteiger partial charge in [0, 0.05) is 11.7 Å². The van der Waals surface area contributed by atoms with Crippen LogP contribution in [0, 0.1) is 0 Å². The molecule has 3 nitrogen and oxygen atoms in total. The molecule has 0 aliphatic carbocycles. The topological polar surface area (TPSA) is 38.3 Å². The first-order valence-electron chi connectivity index (χ1n) is 7.63. The molecule has 1 N–H and O–H groups in total. The van der Waals surface area contributed by atoms with E-state index in [9.17, 15) is 4.79 Å². The second-order valence-electron chi connectivity index (χ2n) is 5.29. The lowest BCUT2D eigenvalue weighted by Crippen LogP contribution is -2.17. The third kappa shape index (κ3) is 5.64. The second-order valence-corrected chi connectivity index (χ2v) is 5.29. The summed E-state index contributed by atoms with van der Waals surface area (Å²) in [5.74, 6) is -0.289. The first-order chi connectivity index (χ1) is 9.69. The van der Waals surface area contributed by atoms with E-state index in [0.29, 0.717) is 11.6 Å². The molecule has 1 aromatic rings. The summed E-state index contributed by atoms with van der Waals surface area (Å²) in [7, 11) is 1.41. The summed E-state index contributed by atoms with van der Waals surface area (Å²) >= 11 is 0. The van der Waals surface area contributed by atoms with Crippen LogP contribution in [-0.4, -0.2) is 19.1 Å². The summed E-state index contributed by atoms with van der Waals surface area (Å²) in [6.45, 7) is 4.39. The molecule has 0 aliphatic rings. The zero-order valence-corrected chi connectivity index (χ0v) is 12.9. The maximum Gasteiger partial charge on any atom is 0.339 e. The van der Waals surface area contributed by atoms with E-state index >= 15 is 0 Å². The molecule has 0 saturated heterocycles. The molecule has 0 aliphatic heterocycles. The molecule has 0 spiro atoms. The fourth-order valence-electron chi connectivity index (χ4n) is 2.29. The lowest BCUT2D eigenvalue weighted by atomic mass is 10.1. The molecular formula is C17H27NO2. The van der Waals surface area contributed by atoms with E-state index in [0.717, 1.165) is 12.1 Å². The Bertz CT molecular complexity index is 404. The van der Waals surface area contributed by atoms with Crippen LogP contribution in [0.25, 0.3) is 0 Å². The maximum absolute atomic E-state index is 11.7. The Hall–Kier alpha value is -1.51. The number of anilines is 1. The highest BCUT2D eigenvalue weighted by Crippen LogP contribution is 2.18. The Kier molecular flexibility index (Phi) is 7.78. The van der Waals surface area contributed by atoms with Crippen LogP contribution >= 0.6 is 0 Å². The first-order valence-corrected chi connectivity index (χ1v) is 7.63. The largest absolute Gasteiger partial charge is 0.465 e. The van der Waals surface area contributed by atoms with Gasteiger partial charge in [-0.25, -0.2) is 4.79 Å². The number of methoxy groups -OCH3 is 1. The minimum Gasteiger partial charge on any atom is -0.465 e. The number of para-hydroxylation sites is 1. The number of carbonyl (C=O) groups excluding carboxylic acids is 1. The number of nitrogens with one attached hydrogen (secondary N) is 1. The van der Waals surface area contributed by atoms with Gasteiger partial charge in [-0.1, -0.05) is 51.2 Å². The lowest BCUT2D eigenvalue weighted by molar-refractivity contribution is 0.0602. The van der Waals surface area contributed by atoms with Crippen LogP contribution in [0.5, 0.6) is 0 Å². The maximum atomic E-state index is 11.7. The summed E-state index contributed by atoms with van der Waals surface area (Å²) in [6.07, 6.45) is 7.57. The van der Waals surface area contributed by atoms with E-state index in [4.69, 9.17) is 4.74 Å². The number of carbonyl (C=O) groups is 1. The smallest absolute Gasteiger partial charge is 0.339 e. The summed E-state index contributed by atoms with van der Waals surface area (Å²) < 4.78 is 4.80. The standard InChI is InChI=1S/C17H27NO2/c1-4-5-6-7-8-11-14(2)18-16-13-10-9-12-15(16)17(19)20-3/h9-10,12-14,18H,4-8,11H2,1-3H3. The fourth-order valence-corrected chi connectivity index (χ4v) is 2.29. The van der Waals surface area contributed by atoms with Crippen molar-refractivity contribution in [2.24, 2.45) is 0 Å². The Balaban J connectivity index is 2.45. The van der Waals surface area contributed by atoms with Crippen molar-refractivity contribution in [3.05, 3.63) is 29.8 Å². The highest BCUT2D eigenvalue weighted by atomic mass is 16.5. The van der Waals surface area contributed by atoms with Gasteiger partial charge >= 0.3 is 5.97 Å². The van der Waals surface area contributed by atoms with Gasteiger partial charge in [-0.05, 0) is 25.5 Å². The first kappa shape index (κ1) is 16.5. The molecule has 3 heteroatoms. The van der Waals surface area contributed by atoms with Crippen molar-refractivity contribution < 1.29 is 9.53 Å². The Labute approximate surface area is 122 Å². The Morgan fingerprint density at radius 1 is 1.20 bits per heavy atom. The fraction of sp³-hybridized carbons (Fsp3) is 0.588. The quantitative estimate of drug-likeness (QED) is 0.528. The molecule has 0 heterocycles. The number of hydrogen-bond acceptors (Lipinski definition) is 3. The Morgan fingerprint density at radius 2 is 1.90 bits per heavy atom. The van der Waals surface area contributed by atoms with E-state index in [1.165, 1.54) is 39.2 Å². The monoisotopic (exact) mass is 277 g/mol. The zero-order valence-electron chi connectivity index (χ0n) is 12.9. The van der Waals surface area contributed by atoms with Crippen LogP contribution in [0.4, 0.5) is 5.69 Å². The van der Waals surface area contributed by atoms with Crippen LogP contribution < -0.4 is 5.32 Å². The molecule has 1 atom stereocenters. The summed E-state index contributed by atoms with van der Waals surface area (Å²) in [5.41, 5.74) is 1.47. The number of rotatable bonds is 9. The van der Waals surface area contributed by atoms with Crippen LogP contribution in [0.1, 0.15) is 62.7 Å². The van der Waals surface area contributed by atoms with Gasteiger partial charge in [-0.3, -0.25) is 0 Å². The van der Waals surface area contributed by atoms with Gasteiger partial charge in [0.15, 0.2) is 0 Å². The highest BCUT2D eigenvalue weighted by molar-refractivity contribution is 5.95. The summed E-state index contributed by atoms with van der Waals surface area (Å²) in [4.78, 5) is 11.7. The highest BCUT2D eigenvalue weighted by Gasteiger charge is 2.12. The van der Waals surface area contributed by atoms with Crippen molar-refractivity contribution in [3.63, 3.8) is 0 Å². The number of hydrogen-bond donors (Lipinski definition) is 1. The van der Waals surface area contributed by atoms with Crippen molar-refractivity contribution in [1.29, 1.82) is 0 Å². The summed E-state index contributed by atoms with van der Waals surface area (Å²) in [6, 6.07) is 7.87. The third-order valence-electron chi connectivity index (χ3n) is 3.47. The van der Waals surface area contributed by atoms with Gasteiger partial charge < -0.3 is 10.1 Å². The molecule has 0 aromatic heterocycles. The molecule has 0 bridgehead atoms. The SMILES string of the molecule is CCCCCCCC(C)Nc1ccccc1C(=O)OC. The van der Waals surface area contributed by atoms with E-state index < -0.39 is 0 Å². The van der Waals surface area contributed by atoms with Crippen LogP contribution in [0.2, 0.25) is 0 Å². The molecule has 112 valence electrons. The van der Waals surface area contributed by atoms with E-state index in [1.807, 2.05) is 18.2 Å². The zero-order chi connectivity index (χ0) is 14.8. The van der Waals surface area contributed by atoms with Gasteiger partial charge in [0.25, 0.3) is 0 Å². The molecule has 0 fully saturated rings. The average Bonchev–Trinajstić information content (AvgIpc) is 2.47. The lowest BCUT2D eigenvalue weighted by Gasteiger charge is -2.17. The third-order valence-corrected chi connectivity index (χ3v) is 3.47. The van der Waals surface area contributed by atoms with Gasteiger partial charge in [-0.2, -0.15) is 0 Å². The van der Waals surface area contributed by atoms with Crippen molar-refractivity contribution in [1.82, 2.24) is 0 Å². The van der Waals surface area contributed by atoms with Crippen molar-refractivity contribution in [2.75, 3.05) is 12.4 Å². The molecule has 0 amide bonds. The van der Waals surface area contributed by atoms with E-state index in [-0.39, 0.29) is 5.97 Å². The van der Waals surface area contributed by atoms with Gasteiger partial charge in [-0.15, -0.1) is 0 Å². The second kappa shape index (κ2) is 9.40. The Morgan fingerprint density at radius 3 is 2.60 bits per heavy atom. The van der Waals surface area contributed by atoms with Crippen molar-refractivity contribution in [3.8, 4) is 0 Å². The van der Waals surface area contributed by atoms with Crippen LogP contribution in [0.3, 0.4) is 0 Å². The van der Waals surface area contributed by atoms with Crippen LogP contribution in [0.15, 0.2) is 24.3 Å². The minimum atomic E-state index is -0.289. The summed E-state index contributed by atoms with van der Waals surface area (Å²) in [5, 5.41) is 3.42. The molecule has 1 unspecified atom stereocenters. The van der Waals surface area contributed by atoms with Gasteiger partial charge in [0.1, 0.15) is 0 Å². The molecule has 1 aromatic carbocycles. The number of benzene rings is 1. The van der Waals surface area contributed by atoms with E-state index in [2.05, 4.69) is 19.2 Å². The molecular weight excluding hydrogens is 250 g/mol. The van der Waals surface area contributed by atoms with Gasteiger partial charge in [0.05, 0.1) is 12.7 Å². The number of esters is 1. The van der Waals surface area contributed by atoms with Gasteiger partial charge in [0.2, 0.25) is 0 Å². The molecule has 0 saturated carbocycles. The molecule has 1 rings (SSSR count). The van der Waals surface area contributed by atoms with E-state index in [1.54, 1.807) is 6.07 Å². The van der Waals surface area contributed by atoms with Crippen molar-refractivity contribution in [2.45, 2.75) is 58.4 Å². The number of ether oxygens (including phenoxy) is 1. The minimum absolute atomic E-state index is 0.289. The number of unbranched alkanes of at least 4 members (excludes halogenated alkanes) is 4. The average molecular weight is 277 g/mol. The van der Waals surface area contributed by atoms with Crippen LogP contribution in [-0.2, 0) is 4.74 Å². The molecule has 20 heavy (non-hydrogen) atoms. The molecule has 0 radical (unpaired) electrons. The predicted octanol–water partition coefficient (Wildman–Crippen LogP) is 4.63.